The molecular formula is C18H31NS. The number of hydrogen-bond donors (Lipinski definition) is 1. The van der Waals surface area contributed by atoms with Gasteiger partial charge < -0.3 is 5.32 Å². The zero-order valence-corrected chi connectivity index (χ0v) is 13.9. The molecular weight excluding hydrogens is 262 g/mol. The summed E-state index contributed by atoms with van der Waals surface area (Å²) in [5.74, 6) is 1.02. The Hall–Kier alpha value is -0.340. The quantitative estimate of drug-likeness (QED) is 0.642. The van der Waals surface area contributed by atoms with Gasteiger partial charge in [0.15, 0.2) is 0 Å². The maximum Gasteiger partial charge on any atom is 0.00706 e. The zero-order valence-electron chi connectivity index (χ0n) is 13.1. The summed E-state index contributed by atoms with van der Waals surface area (Å²) < 4.78 is 0. The van der Waals surface area contributed by atoms with Gasteiger partial charge in [-0.1, -0.05) is 45.1 Å². The second-order valence-electron chi connectivity index (χ2n) is 6.35. The Bertz CT molecular complexity index is 327. The highest BCUT2D eigenvalue weighted by Crippen LogP contribution is 2.28. The van der Waals surface area contributed by atoms with Gasteiger partial charge in [-0.05, 0) is 56.0 Å². The third-order valence-electron chi connectivity index (χ3n) is 4.65. The molecule has 1 saturated carbocycles. The first-order chi connectivity index (χ1) is 9.88. The molecule has 0 amide bonds. The lowest BCUT2D eigenvalue weighted by molar-refractivity contribution is 0.309. The normalized spacial score (nSPS) is 18.2. The van der Waals surface area contributed by atoms with Crippen molar-refractivity contribution in [3.8, 4) is 0 Å². The lowest BCUT2D eigenvalue weighted by Gasteiger charge is -2.25. The van der Waals surface area contributed by atoms with Crippen LogP contribution in [0.4, 0.5) is 0 Å². The van der Waals surface area contributed by atoms with E-state index in [9.17, 15) is 0 Å². The third kappa shape index (κ3) is 5.97. The largest absolute Gasteiger partial charge is 0.314 e. The van der Waals surface area contributed by atoms with E-state index < -0.39 is 0 Å². The Morgan fingerprint density at radius 2 is 2.10 bits per heavy atom. The minimum atomic E-state index is 0.735. The molecule has 1 unspecified atom stereocenters. The summed E-state index contributed by atoms with van der Waals surface area (Å²) in [6.45, 7) is 3.45. The number of nitrogens with one attached hydrogen (secondary N) is 1. The molecule has 1 nitrogen and oxygen atoms in total. The van der Waals surface area contributed by atoms with Crippen molar-refractivity contribution in [1.82, 2.24) is 5.32 Å². The molecule has 1 aliphatic carbocycles. The van der Waals surface area contributed by atoms with Crippen LogP contribution >= 0.6 is 11.3 Å². The molecule has 1 aliphatic rings. The molecule has 1 N–H and O–H groups in total. The van der Waals surface area contributed by atoms with Gasteiger partial charge in [-0.25, -0.2) is 0 Å². The van der Waals surface area contributed by atoms with Crippen molar-refractivity contribution in [3.05, 3.63) is 22.4 Å². The molecule has 0 bridgehead atoms. The molecule has 1 atom stereocenters. The van der Waals surface area contributed by atoms with Crippen LogP contribution in [0.25, 0.3) is 0 Å². The molecule has 114 valence electrons. The highest BCUT2D eigenvalue weighted by molar-refractivity contribution is 7.09. The van der Waals surface area contributed by atoms with E-state index >= 15 is 0 Å². The number of thiophene rings is 1. The fraction of sp³-hybridized carbons (Fsp3) is 0.778. The Labute approximate surface area is 129 Å². The second-order valence-corrected chi connectivity index (χ2v) is 7.38. The second kappa shape index (κ2) is 9.57. The Morgan fingerprint density at radius 3 is 2.80 bits per heavy atom. The molecule has 0 aromatic carbocycles. The van der Waals surface area contributed by atoms with Gasteiger partial charge in [-0.15, -0.1) is 11.3 Å². The van der Waals surface area contributed by atoms with Crippen molar-refractivity contribution >= 4 is 11.3 Å². The van der Waals surface area contributed by atoms with E-state index in [1.165, 1.54) is 70.8 Å². The molecule has 0 saturated heterocycles. The summed E-state index contributed by atoms with van der Waals surface area (Å²) in [7, 11) is 0. The average molecular weight is 294 g/mol. The Balaban J connectivity index is 1.70. The Kier molecular flexibility index (Phi) is 7.67. The summed E-state index contributed by atoms with van der Waals surface area (Å²) >= 11 is 1.91. The molecule has 0 radical (unpaired) electrons. The number of hydrogen-bond acceptors (Lipinski definition) is 2. The maximum absolute atomic E-state index is 3.78. The van der Waals surface area contributed by atoms with E-state index in [0.29, 0.717) is 0 Å². The van der Waals surface area contributed by atoms with Crippen molar-refractivity contribution in [3.63, 3.8) is 0 Å². The number of rotatable bonds is 9. The van der Waals surface area contributed by atoms with Gasteiger partial charge in [0.25, 0.3) is 0 Å². The molecule has 1 aromatic rings. The van der Waals surface area contributed by atoms with Gasteiger partial charge in [0.05, 0.1) is 0 Å². The summed E-state index contributed by atoms with van der Waals surface area (Å²) in [6.07, 6.45) is 14.1. The molecule has 0 aliphatic heterocycles. The van der Waals surface area contributed by atoms with Crippen LogP contribution < -0.4 is 5.32 Å². The first-order valence-corrected chi connectivity index (χ1v) is 9.52. The molecule has 2 heteroatoms. The van der Waals surface area contributed by atoms with E-state index in [-0.39, 0.29) is 0 Å². The summed E-state index contributed by atoms with van der Waals surface area (Å²) in [5.41, 5.74) is 0. The fourth-order valence-corrected chi connectivity index (χ4v) is 4.11. The monoisotopic (exact) mass is 293 g/mol. The van der Waals surface area contributed by atoms with Crippen LogP contribution in [0.1, 0.15) is 69.6 Å². The highest BCUT2D eigenvalue weighted by Gasteiger charge is 2.16. The topological polar surface area (TPSA) is 12.0 Å². The lowest BCUT2D eigenvalue weighted by atomic mass is 9.85. The van der Waals surface area contributed by atoms with Crippen LogP contribution in [0, 0.1) is 5.92 Å². The van der Waals surface area contributed by atoms with Crippen LogP contribution in [0.2, 0.25) is 0 Å². The predicted octanol–water partition coefficient (Wildman–Crippen LogP) is 5.41. The fourth-order valence-electron chi connectivity index (χ4n) is 3.38. The molecule has 0 spiro atoms. The molecule has 1 aromatic heterocycles. The van der Waals surface area contributed by atoms with Crippen molar-refractivity contribution in [2.45, 2.75) is 77.2 Å². The van der Waals surface area contributed by atoms with Gasteiger partial charge in [-0.2, -0.15) is 0 Å². The smallest absolute Gasteiger partial charge is 0.00706 e. The molecule has 1 fully saturated rings. The van der Waals surface area contributed by atoms with Gasteiger partial charge in [0.2, 0.25) is 0 Å². The Morgan fingerprint density at radius 1 is 1.25 bits per heavy atom. The van der Waals surface area contributed by atoms with Crippen molar-refractivity contribution in [1.29, 1.82) is 0 Å². The van der Waals surface area contributed by atoms with Gasteiger partial charge in [-0.3, -0.25) is 0 Å². The van der Waals surface area contributed by atoms with E-state index in [4.69, 9.17) is 0 Å². The van der Waals surface area contributed by atoms with Crippen LogP contribution in [0.15, 0.2) is 17.5 Å². The lowest BCUT2D eigenvalue weighted by Crippen LogP contribution is -2.31. The number of aryl methyl sites for hydroxylation is 1. The third-order valence-corrected chi connectivity index (χ3v) is 5.59. The zero-order chi connectivity index (χ0) is 14.0. The van der Waals surface area contributed by atoms with Gasteiger partial charge in [0.1, 0.15) is 0 Å². The molecule has 1 heterocycles. The maximum atomic E-state index is 3.78. The van der Waals surface area contributed by atoms with Gasteiger partial charge >= 0.3 is 0 Å². The summed E-state index contributed by atoms with van der Waals surface area (Å²) in [6, 6.07) is 5.19. The highest BCUT2D eigenvalue weighted by atomic mass is 32.1. The standard InChI is InChI=1S/C18H31NS/c1-2-14-19-17(12-13-18-9-6-15-20-18)11-10-16-7-4-3-5-8-16/h6,9,15-17,19H,2-5,7-8,10-14H2,1H3. The summed E-state index contributed by atoms with van der Waals surface area (Å²) in [5, 5.41) is 5.98. The average Bonchev–Trinajstić information content (AvgIpc) is 3.01. The minimum absolute atomic E-state index is 0.735. The van der Waals surface area contributed by atoms with E-state index in [1.54, 1.807) is 4.88 Å². The minimum Gasteiger partial charge on any atom is -0.314 e. The predicted molar refractivity (Wildman–Crippen MR) is 90.5 cm³/mol. The van der Waals surface area contributed by atoms with Crippen molar-refractivity contribution in [2.24, 2.45) is 5.92 Å². The SMILES string of the molecule is CCCNC(CCc1cccs1)CCC1CCCCC1. The van der Waals surface area contributed by atoms with Gasteiger partial charge in [0, 0.05) is 10.9 Å². The molecule has 2 rings (SSSR count). The first kappa shape index (κ1) is 16.0. The van der Waals surface area contributed by atoms with Crippen LogP contribution in [-0.4, -0.2) is 12.6 Å². The van der Waals surface area contributed by atoms with Crippen molar-refractivity contribution < 1.29 is 0 Å². The first-order valence-electron chi connectivity index (χ1n) is 8.64. The van der Waals surface area contributed by atoms with E-state index in [0.717, 1.165) is 12.0 Å². The summed E-state index contributed by atoms with van der Waals surface area (Å²) in [4.78, 5) is 1.55. The van der Waals surface area contributed by atoms with Crippen LogP contribution in [0.5, 0.6) is 0 Å². The van der Waals surface area contributed by atoms with E-state index in [2.05, 4.69) is 29.8 Å². The van der Waals surface area contributed by atoms with Crippen LogP contribution in [-0.2, 0) is 6.42 Å². The molecule has 20 heavy (non-hydrogen) atoms. The van der Waals surface area contributed by atoms with E-state index in [1.807, 2.05) is 11.3 Å². The van der Waals surface area contributed by atoms with Crippen molar-refractivity contribution in [2.75, 3.05) is 6.54 Å². The van der Waals surface area contributed by atoms with Crippen LogP contribution in [0.3, 0.4) is 0 Å².